The van der Waals surface area contributed by atoms with Crippen LogP contribution in [0.25, 0.3) is 0 Å². The van der Waals surface area contributed by atoms with Crippen LogP contribution in [-0.2, 0) is 9.47 Å². The first-order valence-corrected chi connectivity index (χ1v) is 6.27. The second kappa shape index (κ2) is 9.35. The van der Waals surface area contributed by atoms with Gasteiger partial charge in [-0.15, -0.1) is 0 Å². The quantitative estimate of drug-likeness (QED) is 0.323. The van der Waals surface area contributed by atoms with E-state index < -0.39 is 0 Å². The van der Waals surface area contributed by atoms with Crippen molar-refractivity contribution in [3.8, 4) is 5.75 Å². The summed E-state index contributed by atoms with van der Waals surface area (Å²) in [6.07, 6.45) is 0.799. The molecule has 0 amide bonds. The largest absolute Gasteiger partial charge is 0.493 e. The number of hydrogen-bond acceptors (Lipinski definition) is 5. The molecular weight excluding hydrogens is 246 g/mol. The summed E-state index contributed by atoms with van der Waals surface area (Å²) in [5.41, 5.74) is 1.33. The lowest BCUT2D eigenvalue weighted by Crippen LogP contribution is -2.08. The highest BCUT2D eigenvalue weighted by Crippen LogP contribution is 2.18. The highest BCUT2D eigenvalue weighted by Gasteiger charge is 2.06. The van der Waals surface area contributed by atoms with Gasteiger partial charge in [0.15, 0.2) is 0 Å². The number of benzene rings is 1. The minimum atomic E-state index is 0.534. The van der Waals surface area contributed by atoms with Crippen LogP contribution in [0.4, 0.5) is 0 Å². The number of hydrogen-bond donors (Lipinski definition) is 1. The van der Waals surface area contributed by atoms with Crippen LogP contribution in [0.1, 0.15) is 18.9 Å². The van der Waals surface area contributed by atoms with E-state index in [1.165, 1.54) is 0 Å². The Morgan fingerprint density at radius 3 is 2.68 bits per heavy atom. The zero-order valence-corrected chi connectivity index (χ0v) is 11.5. The Labute approximate surface area is 113 Å². The summed E-state index contributed by atoms with van der Waals surface area (Å²) in [6, 6.07) is 7.48. The van der Waals surface area contributed by atoms with Crippen LogP contribution in [0.5, 0.6) is 5.75 Å². The highest BCUT2D eigenvalue weighted by atomic mass is 16.5. The molecule has 0 atom stereocenters. The predicted octanol–water partition coefficient (Wildman–Crippen LogP) is 2.32. The Morgan fingerprint density at radius 1 is 1.16 bits per heavy atom. The van der Waals surface area contributed by atoms with Gasteiger partial charge >= 0.3 is 0 Å². The van der Waals surface area contributed by atoms with E-state index in [1.807, 2.05) is 24.3 Å². The fourth-order valence-electron chi connectivity index (χ4n) is 1.53. The van der Waals surface area contributed by atoms with Crippen molar-refractivity contribution in [2.75, 3.05) is 33.5 Å². The van der Waals surface area contributed by atoms with Crippen LogP contribution in [0.3, 0.4) is 0 Å². The summed E-state index contributed by atoms with van der Waals surface area (Å²) in [6.45, 7) is 4.14. The number of para-hydroxylation sites is 1. The second-order valence-corrected chi connectivity index (χ2v) is 3.99. The van der Waals surface area contributed by atoms with Crippen molar-refractivity contribution in [3.63, 3.8) is 0 Å². The van der Waals surface area contributed by atoms with Crippen LogP contribution in [-0.4, -0.2) is 44.5 Å². The fourth-order valence-corrected chi connectivity index (χ4v) is 1.53. The molecule has 0 bridgehead atoms. The van der Waals surface area contributed by atoms with Gasteiger partial charge in [0, 0.05) is 25.7 Å². The minimum absolute atomic E-state index is 0.534. The standard InChI is InChI=1S/C14H21NO4/c1-12(15-16)13-6-3-4-7-14(13)19-9-5-8-18-11-10-17-2/h3-4,6-7,16H,5,8-11H2,1-2H3/b15-12+. The third-order valence-corrected chi connectivity index (χ3v) is 2.55. The van der Waals surface area contributed by atoms with E-state index in [2.05, 4.69) is 5.16 Å². The molecule has 106 valence electrons. The molecule has 0 aliphatic carbocycles. The lowest BCUT2D eigenvalue weighted by atomic mass is 10.1. The molecule has 0 unspecified atom stereocenters. The van der Waals surface area contributed by atoms with Crippen molar-refractivity contribution in [1.29, 1.82) is 0 Å². The maximum Gasteiger partial charge on any atom is 0.128 e. The Bertz CT molecular complexity index is 393. The van der Waals surface area contributed by atoms with Gasteiger partial charge in [-0.25, -0.2) is 0 Å². The Hall–Kier alpha value is -1.59. The number of oxime groups is 1. The summed E-state index contributed by atoms with van der Waals surface area (Å²) in [5, 5.41) is 12.0. The third kappa shape index (κ3) is 5.72. The lowest BCUT2D eigenvalue weighted by Gasteiger charge is -2.10. The van der Waals surface area contributed by atoms with Gasteiger partial charge in [-0.1, -0.05) is 17.3 Å². The van der Waals surface area contributed by atoms with Gasteiger partial charge in [-0.2, -0.15) is 0 Å². The molecule has 0 aromatic heterocycles. The first kappa shape index (κ1) is 15.5. The molecule has 0 aliphatic rings. The summed E-state index contributed by atoms with van der Waals surface area (Å²) in [7, 11) is 1.65. The summed E-state index contributed by atoms with van der Waals surface area (Å²) < 4.78 is 15.9. The van der Waals surface area contributed by atoms with Gasteiger partial charge in [0.25, 0.3) is 0 Å². The number of methoxy groups -OCH3 is 1. The van der Waals surface area contributed by atoms with Crippen LogP contribution >= 0.6 is 0 Å². The van der Waals surface area contributed by atoms with Gasteiger partial charge in [-0.05, 0) is 19.1 Å². The summed E-state index contributed by atoms with van der Waals surface area (Å²) in [4.78, 5) is 0. The van der Waals surface area contributed by atoms with Crippen molar-refractivity contribution in [2.24, 2.45) is 5.16 Å². The number of nitrogens with zero attached hydrogens (tertiary/aromatic N) is 1. The van der Waals surface area contributed by atoms with Crippen LogP contribution in [0.15, 0.2) is 29.4 Å². The van der Waals surface area contributed by atoms with Crippen molar-refractivity contribution in [2.45, 2.75) is 13.3 Å². The molecule has 0 spiro atoms. The van der Waals surface area contributed by atoms with E-state index in [4.69, 9.17) is 19.4 Å². The van der Waals surface area contributed by atoms with E-state index in [-0.39, 0.29) is 0 Å². The molecule has 1 N–H and O–H groups in total. The van der Waals surface area contributed by atoms with Gasteiger partial charge in [0.2, 0.25) is 0 Å². The van der Waals surface area contributed by atoms with E-state index in [1.54, 1.807) is 14.0 Å². The van der Waals surface area contributed by atoms with Crippen molar-refractivity contribution >= 4 is 5.71 Å². The molecule has 1 aromatic carbocycles. The van der Waals surface area contributed by atoms with Gasteiger partial charge in [0.1, 0.15) is 5.75 Å². The molecule has 5 heteroatoms. The zero-order chi connectivity index (χ0) is 13.9. The molecule has 5 nitrogen and oxygen atoms in total. The number of ether oxygens (including phenoxy) is 3. The van der Waals surface area contributed by atoms with E-state index >= 15 is 0 Å². The molecule has 1 rings (SSSR count). The van der Waals surface area contributed by atoms with Gasteiger partial charge in [-0.3, -0.25) is 0 Å². The Morgan fingerprint density at radius 2 is 1.95 bits per heavy atom. The van der Waals surface area contributed by atoms with E-state index in [9.17, 15) is 0 Å². The molecule has 1 aromatic rings. The molecule has 0 saturated carbocycles. The monoisotopic (exact) mass is 267 g/mol. The Balaban J connectivity index is 2.33. The van der Waals surface area contributed by atoms with E-state index in [0.717, 1.165) is 17.7 Å². The molecule has 0 aliphatic heterocycles. The van der Waals surface area contributed by atoms with Crippen LogP contribution < -0.4 is 4.74 Å². The smallest absolute Gasteiger partial charge is 0.128 e. The summed E-state index contributed by atoms with van der Waals surface area (Å²) in [5.74, 6) is 0.717. The van der Waals surface area contributed by atoms with Crippen molar-refractivity contribution in [1.82, 2.24) is 0 Å². The third-order valence-electron chi connectivity index (χ3n) is 2.55. The van der Waals surface area contributed by atoms with Gasteiger partial charge in [0.05, 0.1) is 25.5 Å². The van der Waals surface area contributed by atoms with Crippen molar-refractivity contribution < 1.29 is 19.4 Å². The molecule has 0 fully saturated rings. The highest BCUT2D eigenvalue weighted by molar-refractivity contribution is 6.00. The Kier molecular flexibility index (Phi) is 7.62. The van der Waals surface area contributed by atoms with E-state index in [0.29, 0.717) is 32.1 Å². The summed E-state index contributed by atoms with van der Waals surface area (Å²) >= 11 is 0. The number of rotatable bonds is 9. The molecule has 0 saturated heterocycles. The molecule has 0 radical (unpaired) electrons. The van der Waals surface area contributed by atoms with Gasteiger partial charge < -0.3 is 19.4 Å². The molecular formula is C14H21NO4. The second-order valence-electron chi connectivity index (χ2n) is 3.99. The minimum Gasteiger partial charge on any atom is -0.493 e. The zero-order valence-electron chi connectivity index (χ0n) is 11.5. The molecule has 0 heterocycles. The lowest BCUT2D eigenvalue weighted by molar-refractivity contribution is 0.0644. The average Bonchev–Trinajstić information content (AvgIpc) is 2.46. The topological polar surface area (TPSA) is 60.3 Å². The molecule has 19 heavy (non-hydrogen) atoms. The first-order valence-electron chi connectivity index (χ1n) is 6.27. The van der Waals surface area contributed by atoms with Crippen molar-refractivity contribution in [3.05, 3.63) is 29.8 Å². The average molecular weight is 267 g/mol. The maximum absolute atomic E-state index is 8.81. The SMILES string of the molecule is COCCOCCCOc1ccccc1/C(C)=N/O. The normalized spacial score (nSPS) is 11.6. The fraction of sp³-hybridized carbons (Fsp3) is 0.500. The maximum atomic E-state index is 8.81. The first-order chi connectivity index (χ1) is 9.29. The van der Waals surface area contributed by atoms with Crippen LogP contribution in [0.2, 0.25) is 0 Å². The van der Waals surface area contributed by atoms with Crippen LogP contribution in [0, 0.1) is 0 Å². The predicted molar refractivity (Wildman–Crippen MR) is 73.2 cm³/mol.